The molecular weight excluding hydrogens is 212 g/mol. The number of para-hydroxylation sites is 1. The highest BCUT2D eigenvalue weighted by Gasteiger charge is 2.14. The molecule has 1 amide bonds. The summed E-state index contributed by atoms with van der Waals surface area (Å²) in [7, 11) is 0. The van der Waals surface area contributed by atoms with Crippen molar-refractivity contribution in [3.63, 3.8) is 0 Å². The fourth-order valence-electron chi connectivity index (χ4n) is 1.73. The Hall–Kier alpha value is -1.35. The number of benzene rings is 1. The zero-order chi connectivity index (χ0) is 12.7. The smallest absolute Gasteiger partial charge is 0.226 e. The Morgan fingerprint density at radius 3 is 2.53 bits per heavy atom. The van der Waals surface area contributed by atoms with Crippen molar-refractivity contribution >= 4 is 11.6 Å². The molecule has 1 unspecified atom stereocenters. The quantitative estimate of drug-likeness (QED) is 0.821. The molecule has 94 valence electrons. The van der Waals surface area contributed by atoms with Gasteiger partial charge in [0.05, 0.1) is 0 Å². The Bertz CT molecular complexity index is 337. The highest BCUT2D eigenvalue weighted by molar-refractivity contribution is 5.93. The third-order valence-corrected chi connectivity index (χ3v) is 2.94. The van der Waals surface area contributed by atoms with E-state index in [1.54, 1.807) is 0 Å². The van der Waals surface area contributed by atoms with E-state index in [0.29, 0.717) is 25.4 Å². The van der Waals surface area contributed by atoms with Crippen LogP contribution in [-0.4, -0.2) is 19.0 Å². The van der Waals surface area contributed by atoms with Gasteiger partial charge < -0.3 is 10.6 Å². The summed E-state index contributed by atoms with van der Waals surface area (Å²) >= 11 is 0. The van der Waals surface area contributed by atoms with Gasteiger partial charge in [0.15, 0.2) is 0 Å². The van der Waals surface area contributed by atoms with Crippen molar-refractivity contribution in [3.8, 4) is 0 Å². The van der Waals surface area contributed by atoms with Gasteiger partial charge in [0.2, 0.25) is 5.91 Å². The summed E-state index contributed by atoms with van der Waals surface area (Å²) in [5.41, 5.74) is 6.53. The number of nitrogens with zero attached hydrogens (tertiary/aromatic N) is 1. The van der Waals surface area contributed by atoms with E-state index < -0.39 is 0 Å². The first-order chi connectivity index (χ1) is 8.19. The number of rotatable bonds is 6. The second-order valence-electron chi connectivity index (χ2n) is 4.35. The molecule has 0 heterocycles. The van der Waals surface area contributed by atoms with Gasteiger partial charge >= 0.3 is 0 Å². The fourth-order valence-corrected chi connectivity index (χ4v) is 1.73. The summed E-state index contributed by atoms with van der Waals surface area (Å²) in [6.07, 6.45) is 1.43. The third kappa shape index (κ3) is 4.19. The van der Waals surface area contributed by atoms with Crippen LogP contribution in [0, 0.1) is 5.92 Å². The lowest BCUT2D eigenvalue weighted by Gasteiger charge is -2.21. The van der Waals surface area contributed by atoms with Gasteiger partial charge in [0.25, 0.3) is 0 Å². The van der Waals surface area contributed by atoms with Crippen molar-refractivity contribution in [2.45, 2.75) is 26.7 Å². The molecule has 0 aliphatic heterocycles. The summed E-state index contributed by atoms with van der Waals surface area (Å²) in [4.78, 5) is 13.9. The highest BCUT2D eigenvalue weighted by atomic mass is 16.2. The predicted molar refractivity (Wildman–Crippen MR) is 71.9 cm³/mol. The first-order valence-electron chi connectivity index (χ1n) is 6.24. The molecular formula is C14H22N2O. The molecule has 0 bridgehead atoms. The maximum atomic E-state index is 12.1. The highest BCUT2D eigenvalue weighted by Crippen LogP contribution is 2.15. The SMILES string of the molecule is CCN(C(=O)CCC(C)CN)c1ccccc1. The summed E-state index contributed by atoms with van der Waals surface area (Å²) in [5.74, 6) is 0.590. The zero-order valence-corrected chi connectivity index (χ0v) is 10.7. The van der Waals surface area contributed by atoms with E-state index in [4.69, 9.17) is 5.73 Å². The molecule has 1 aromatic rings. The monoisotopic (exact) mass is 234 g/mol. The Kier molecular flexibility index (Phi) is 5.70. The van der Waals surface area contributed by atoms with Crippen LogP contribution in [0.5, 0.6) is 0 Å². The van der Waals surface area contributed by atoms with Gasteiger partial charge in [0.1, 0.15) is 0 Å². The molecule has 0 aliphatic carbocycles. The molecule has 0 spiro atoms. The largest absolute Gasteiger partial charge is 0.330 e. The standard InChI is InChI=1S/C14H22N2O/c1-3-16(13-7-5-4-6-8-13)14(17)10-9-12(2)11-15/h4-8,12H,3,9-11,15H2,1-2H3. The Labute approximate surface area is 104 Å². The van der Waals surface area contributed by atoms with Crippen molar-refractivity contribution in [2.24, 2.45) is 11.7 Å². The van der Waals surface area contributed by atoms with Crippen LogP contribution in [0.15, 0.2) is 30.3 Å². The Morgan fingerprint density at radius 1 is 1.35 bits per heavy atom. The maximum absolute atomic E-state index is 12.1. The summed E-state index contributed by atoms with van der Waals surface area (Å²) < 4.78 is 0. The molecule has 3 heteroatoms. The molecule has 17 heavy (non-hydrogen) atoms. The molecule has 3 nitrogen and oxygen atoms in total. The number of nitrogens with two attached hydrogens (primary N) is 1. The lowest BCUT2D eigenvalue weighted by molar-refractivity contribution is -0.118. The summed E-state index contributed by atoms with van der Waals surface area (Å²) in [6, 6.07) is 9.79. The maximum Gasteiger partial charge on any atom is 0.226 e. The first kappa shape index (κ1) is 13.7. The van der Waals surface area contributed by atoms with E-state index in [2.05, 4.69) is 6.92 Å². The van der Waals surface area contributed by atoms with Gasteiger partial charge in [-0.3, -0.25) is 4.79 Å². The first-order valence-corrected chi connectivity index (χ1v) is 6.24. The number of hydrogen-bond acceptors (Lipinski definition) is 2. The number of anilines is 1. The van der Waals surface area contributed by atoms with Crippen LogP contribution in [0.3, 0.4) is 0 Å². The van der Waals surface area contributed by atoms with Crippen molar-refractivity contribution < 1.29 is 4.79 Å². The van der Waals surface area contributed by atoms with Gasteiger partial charge in [-0.1, -0.05) is 25.1 Å². The van der Waals surface area contributed by atoms with E-state index in [9.17, 15) is 4.79 Å². The molecule has 0 fully saturated rings. The van der Waals surface area contributed by atoms with Crippen molar-refractivity contribution in [1.29, 1.82) is 0 Å². The van der Waals surface area contributed by atoms with Crippen LogP contribution >= 0.6 is 0 Å². The number of carbonyl (C=O) groups excluding carboxylic acids is 1. The summed E-state index contributed by atoms with van der Waals surface area (Å²) in [6.45, 7) is 5.42. The predicted octanol–water partition coefficient (Wildman–Crippen LogP) is 2.41. The minimum absolute atomic E-state index is 0.180. The molecule has 0 aliphatic rings. The number of amides is 1. The molecule has 0 radical (unpaired) electrons. The van der Waals surface area contributed by atoms with Gasteiger partial charge in [0, 0.05) is 18.7 Å². The lowest BCUT2D eigenvalue weighted by atomic mass is 10.1. The van der Waals surface area contributed by atoms with E-state index in [1.807, 2.05) is 42.2 Å². The zero-order valence-electron chi connectivity index (χ0n) is 10.7. The van der Waals surface area contributed by atoms with Gasteiger partial charge in [-0.2, -0.15) is 0 Å². The Morgan fingerprint density at radius 2 is 2.00 bits per heavy atom. The van der Waals surface area contributed by atoms with Crippen LogP contribution in [0.2, 0.25) is 0 Å². The molecule has 0 saturated carbocycles. The molecule has 1 rings (SSSR count). The van der Waals surface area contributed by atoms with Crippen LogP contribution in [-0.2, 0) is 4.79 Å². The molecule has 2 N–H and O–H groups in total. The minimum atomic E-state index is 0.180. The van der Waals surface area contributed by atoms with Crippen molar-refractivity contribution in [2.75, 3.05) is 18.0 Å². The van der Waals surface area contributed by atoms with E-state index in [1.165, 1.54) is 0 Å². The van der Waals surface area contributed by atoms with Gasteiger partial charge in [-0.25, -0.2) is 0 Å². The third-order valence-electron chi connectivity index (χ3n) is 2.94. The molecule has 0 aromatic heterocycles. The molecule has 1 aromatic carbocycles. The van der Waals surface area contributed by atoms with Crippen LogP contribution in [0.25, 0.3) is 0 Å². The van der Waals surface area contributed by atoms with E-state index in [-0.39, 0.29) is 5.91 Å². The molecule has 0 saturated heterocycles. The number of carbonyl (C=O) groups is 1. The average Bonchev–Trinajstić information content (AvgIpc) is 2.38. The summed E-state index contributed by atoms with van der Waals surface area (Å²) in [5, 5.41) is 0. The van der Waals surface area contributed by atoms with Gasteiger partial charge in [-0.05, 0) is 37.9 Å². The van der Waals surface area contributed by atoms with Crippen LogP contribution in [0.1, 0.15) is 26.7 Å². The normalized spacial score (nSPS) is 12.2. The second-order valence-corrected chi connectivity index (χ2v) is 4.35. The van der Waals surface area contributed by atoms with E-state index >= 15 is 0 Å². The Balaban J connectivity index is 2.59. The topological polar surface area (TPSA) is 46.3 Å². The number of hydrogen-bond donors (Lipinski definition) is 1. The van der Waals surface area contributed by atoms with Crippen LogP contribution in [0.4, 0.5) is 5.69 Å². The van der Waals surface area contributed by atoms with E-state index in [0.717, 1.165) is 12.1 Å². The molecule has 1 atom stereocenters. The lowest BCUT2D eigenvalue weighted by Crippen LogP contribution is -2.31. The average molecular weight is 234 g/mol. The van der Waals surface area contributed by atoms with Crippen molar-refractivity contribution in [1.82, 2.24) is 0 Å². The van der Waals surface area contributed by atoms with Crippen molar-refractivity contribution in [3.05, 3.63) is 30.3 Å². The van der Waals surface area contributed by atoms with Crippen LogP contribution < -0.4 is 10.6 Å². The fraction of sp³-hybridized carbons (Fsp3) is 0.500. The second kappa shape index (κ2) is 7.07. The van der Waals surface area contributed by atoms with Gasteiger partial charge in [-0.15, -0.1) is 0 Å². The minimum Gasteiger partial charge on any atom is -0.330 e.